The number of hydrogen-bond donors (Lipinski definition) is 1. The maximum absolute atomic E-state index is 12.6. The van der Waals surface area contributed by atoms with E-state index in [9.17, 15) is 13.2 Å². The van der Waals surface area contributed by atoms with Crippen molar-refractivity contribution in [2.75, 3.05) is 7.05 Å². The molecule has 5 heteroatoms. The van der Waals surface area contributed by atoms with Gasteiger partial charge >= 0.3 is 6.18 Å². The van der Waals surface area contributed by atoms with Gasteiger partial charge in [0.2, 0.25) is 0 Å². The Balaban J connectivity index is 2.78. The fourth-order valence-corrected chi connectivity index (χ4v) is 1.89. The first kappa shape index (κ1) is 15.0. The average molecular weight is 260 g/mol. The van der Waals surface area contributed by atoms with Gasteiger partial charge in [0.05, 0.1) is 5.56 Å². The van der Waals surface area contributed by atoms with Crippen molar-refractivity contribution in [2.45, 2.75) is 38.9 Å². The van der Waals surface area contributed by atoms with Crippen LogP contribution in [0, 0.1) is 5.92 Å². The molecule has 1 N–H and O–H groups in total. The predicted octanol–water partition coefficient (Wildman–Crippen LogP) is 3.28. The molecule has 1 atom stereocenters. The number of pyridine rings is 1. The van der Waals surface area contributed by atoms with E-state index in [-0.39, 0.29) is 6.04 Å². The Kier molecular flexibility index (Phi) is 5.14. The first-order valence-corrected chi connectivity index (χ1v) is 6.02. The molecule has 0 aliphatic carbocycles. The standard InChI is InChI=1S/C13H19F3N2/c1-9(2)6-11(17-3)8-12-7-10(4-5-18-12)13(14,15)16/h4-5,7,9,11,17H,6,8H2,1-3H3. The average Bonchev–Trinajstić information content (AvgIpc) is 2.26. The second kappa shape index (κ2) is 6.18. The first-order chi connectivity index (χ1) is 8.32. The van der Waals surface area contributed by atoms with Crippen LogP contribution >= 0.6 is 0 Å². The number of aromatic nitrogens is 1. The Morgan fingerprint density at radius 3 is 2.50 bits per heavy atom. The molecule has 18 heavy (non-hydrogen) atoms. The summed E-state index contributed by atoms with van der Waals surface area (Å²) in [6, 6.07) is 2.28. The van der Waals surface area contributed by atoms with Crippen molar-refractivity contribution < 1.29 is 13.2 Å². The maximum Gasteiger partial charge on any atom is 0.416 e. The van der Waals surface area contributed by atoms with Gasteiger partial charge in [-0.1, -0.05) is 13.8 Å². The highest BCUT2D eigenvalue weighted by Crippen LogP contribution is 2.29. The third-order valence-electron chi connectivity index (χ3n) is 2.76. The van der Waals surface area contributed by atoms with Crippen LogP contribution in [0.15, 0.2) is 18.3 Å². The summed E-state index contributed by atoms with van der Waals surface area (Å²) < 4.78 is 37.7. The van der Waals surface area contributed by atoms with E-state index in [2.05, 4.69) is 24.1 Å². The van der Waals surface area contributed by atoms with Crippen molar-refractivity contribution in [1.29, 1.82) is 0 Å². The lowest BCUT2D eigenvalue weighted by molar-refractivity contribution is -0.137. The van der Waals surface area contributed by atoms with Crippen LogP contribution in [0.2, 0.25) is 0 Å². The molecule has 0 amide bonds. The third kappa shape index (κ3) is 4.64. The SMILES string of the molecule is CNC(Cc1cc(C(F)(F)F)ccn1)CC(C)C. The Morgan fingerprint density at radius 2 is 2.00 bits per heavy atom. The minimum absolute atomic E-state index is 0.154. The van der Waals surface area contributed by atoms with Gasteiger partial charge < -0.3 is 5.32 Å². The Bertz CT molecular complexity index is 375. The molecule has 1 rings (SSSR count). The van der Waals surface area contributed by atoms with Crippen molar-refractivity contribution in [3.8, 4) is 0 Å². The van der Waals surface area contributed by atoms with Crippen molar-refractivity contribution in [3.05, 3.63) is 29.6 Å². The zero-order valence-corrected chi connectivity index (χ0v) is 10.9. The molecule has 0 aliphatic heterocycles. The molecule has 0 fully saturated rings. The van der Waals surface area contributed by atoms with E-state index in [0.29, 0.717) is 18.0 Å². The molecular formula is C13H19F3N2. The molecule has 1 unspecified atom stereocenters. The molecule has 0 saturated carbocycles. The highest BCUT2D eigenvalue weighted by molar-refractivity contribution is 5.20. The van der Waals surface area contributed by atoms with Gasteiger partial charge in [0, 0.05) is 24.4 Å². The zero-order chi connectivity index (χ0) is 13.8. The second-order valence-electron chi connectivity index (χ2n) is 4.85. The second-order valence-corrected chi connectivity index (χ2v) is 4.85. The molecule has 0 saturated heterocycles. The summed E-state index contributed by atoms with van der Waals surface area (Å²) in [4.78, 5) is 4.01. The molecule has 102 valence electrons. The third-order valence-corrected chi connectivity index (χ3v) is 2.76. The van der Waals surface area contributed by atoms with Crippen LogP contribution in [0.25, 0.3) is 0 Å². The predicted molar refractivity (Wildman–Crippen MR) is 65.2 cm³/mol. The molecule has 0 aliphatic rings. The number of likely N-dealkylation sites (N-methyl/N-ethyl adjacent to an activating group) is 1. The molecule has 1 heterocycles. The minimum Gasteiger partial charge on any atom is -0.317 e. The van der Waals surface area contributed by atoms with Gasteiger partial charge in [-0.2, -0.15) is 13.2 Å². The number of hydrogen-bond acceptors (Lipinski definition) is 2. The molecule has 0 bridgehead atoms. The Morgan fingerprint density at radius 1 is 1.33 bits per heavy atom. The summed E-state index contributed by atoms with van der Waals surface area (Å²) >= 11 is 0. The van der Waals surface area contributed by atoms with Gasteiger partial charge in [-0.25, -0.2) is 0 Å². The number of alkyl halides is 3. The molecular weight excluding hydrogens is 241 g/mol. The lowest BCUT2D eigenvalue weighted by atomic mass is 9.99. The Labute approximate surface area is 106 Å². The van der Waals surface area contributed by atoms with Gasteiger partial charge in [0.1, 0.15) is 0 Å². The van der Waals surface area contributed by atoms with Crippen LogP contribution in [-0.2, 0) is 12.6 Å². The van der Waals surface area contributed by atoms with Crippen molar-refractivity contribution >= 4 is 0 Å². The van der Waals surface area contributed by atoms with E-state index in [4.69, 9.17) is 0 Å². The maximum atomic E-state index is 12.6. The highest BCUT2D eigenvalue weighted by Gasteiger charge is 2.30. The number of halogens is 3. The van der Waals surface area contributed by atoms with E-state index in [1.807, 2.05) is 7.05 Å². The monoisotopic (exact) mass is 260 g/mol. The first-order valence-electron chi connectivity index (χ1n) is 6.02. The van der Waals surface area contributed by atoms with Crippen LogP contribution in [-0.4, -0.2) is 18.1 Å². The smallest absolute Gasteiger partial charge is 0.317 e. The van der Waals surface area contributed by atoms with Crippen LogP contribution in [0.4, 0.5) is 13.2 Å². The van der Waals surface area contributed by atoms with E-state index in [1.54, 1.807) is 0 Å². The van der Waals surface area contributed by atoms with Gasteiger partial charge in [0.15, 0.2) is 0 Å². The van der Waals surface area contributed by atoms with Crippen LogP contribution < -0.4 is 5.32 Å². The molecule has 1 aromatic rings. The van der Waals surface area contributed by atoms with E-state index in [1.165, 1.54) is 6.20 Å². The van der Waals surface area contributed by atoms with Crippen LogP contribution in [0.3, 0.4) is 0 Å². The molecule has 1 aromatic heterocycles. The summed E-state index contributed by atoms with van der Waals surface area (Å²) in [5, 5.41) is 3.12. The van der Waals surface area contributed by atoms with Crippen molar-refractivity contribution in [1.82, 2.24) is 10.3 Å². The Hall–Kier alpha value is -1.10. The normalized spacial score (nSPS) is 13.9. The molecule has 0 aromatic carbocycles. The van der Waals surface area contributed by atoms with Crippen LogP contribution in [0.1, 0.15) is 31.5 Å². The van der Waals surface area contributed by atoms with Gasteiger partial charge in [-0.3, -0.25) is 4.98 Å². The summed E-state index contributed by atoms with van der Waals surface area (Å²) in [6.07, 6.45) is -1.65. The fraction of sp³-hybridized carbons (Fsp3) is 0.615. The molecule has 2 nitrogen and oxygen atoms in total. The number of nitrogens with one attached hydrogen (secondary N) is 1. The number of rotatable bonds is 5. The van der Waals surface area contributed by atoms with Crippen LogP contribution in [0.5, 0.6) is 0 Å². The van der Waals surface area contributed by atoms with E-state index < -0.39 is 11.7 Å². The van der Waals surface area contributed by atoms with Gasteiger partial charge in [-0.05, 0) is 31.5 Å². The van der Waals surface area contributed by atoms with E-state index >= 15 is 0 Å². The lowest BCUT2D eigenvalue weighted by Gasteiger charge is -2.18. The summed E-state index contributed by atoms with van der Waals surface area (Å²) in [6.45, 7) is 4.17. The van der Waals surface area contributed by atoms with Gasteiger partial charge in [0.25, 0.3) is 0 Å². The molecule has 0 spiro atoms. The number of nitrogens with zero attached hydrogens (tertiary/aromatic N) is 1. The quantitative estimate of drug-likeness (QED) is 0.878. The molecule has 0 radical (unpaired) electrons. The fourth-order valence-electron chi connectivity index (χ4n) is 1.89. The van der Waals surface area contributed by atoms with Gasteiger partial charge in [-0.15, -0.1) is 0 Å². The van der Waals surface area contributed by atoms with E-state index in [0.717, 1.165) is 18.6 Å². The summed E-state index contributed by atoms with van der Waals surface area (Å²) in [5.74, 6) is 0.494. The lowest BCUT2D eigenvalue weighted by Crippen LogP contribution is -2.29. The summed E-state index contributed by atoms with van der Waals surface area (Å²) in [7, 11) is 1.82. The minimum atomic E-state index is -4.30. The topological polar surface area (TPSA) is 24.9 Å². The zero-order valence-electron chi connectivity index (χ0n) is 10.9. The van der Waals surface area contributed by atoms with Crippen molar-refractivity contribution in [3.63, 3.8) is 0 Å². The largest absolute Gasteiger partial charge is 0.416 e. The highest BCUT2D eigenvalue weighted by atomic mass is 19.4. The summed E-state index contributed by atoms with van der Waals surface area (Å²) in [5.41, 5.74) is -0.156. The van der Waals surface area contributed by atoms with Crippen molar-refractivity contribution in [2.24, 2.45) is 5.92 Å².